The second kappa shape index (κ2) is 16.2. The Balaban J connectivity index is 1.06. The van der Waals surface area contributed by atoms with E-state index in [1.165, 1.54) is 55.6 Å². The number of anilines is 1. The van der Waals surface area contributed by atoms with Crippen LogP contribution in [0.2, 0.25) is 0 Å². The minimum atomic E-state index is -0.754. The molecule has 1 aliphatic heterocycles. The van der Waals surface area contributed by atoms with E-state index in [9.17, 15) is 0 Å². The first-order chi connectivity index (χ1) is 34.6. The van der Waals surface area contributed by atoms with Gasteiger partial charge in [-0.15, -0.1) is 0 Å². The number of aromatic nitrogens is 5. The Hall–Kier alpha value is -8.61. The Kier molecular flexibility index (Phi) is 9.72. The Morgan fingerprint density at radius 2 is 0.972 bits per heavy atom. The Morgan fingerprint density at radius 1 is 0.423 bits per heavy atom. The first-order valence-corrected chi connectivity index (χ1v) is 24.5. The third-order valence-corrected chi connectivity index (χ3v) is 15.1. The van der Waals surface area contributed by atoms with Crippen LogP contribution in [0.3, 0.4) is 0 Å². The lowest BCUT2D eigenvalue weighted by Crippen LogP contribution is -2.31. The van der Waals surface area contributed by atoms with Crippen LogP contribution in [0.25, 0.3) is 83.7 Å². The van der Waals surface area contributed by atoms with Crippen LogP contribution in [0.1, 0.15) is 73.1 Å². The lowest BCUT2D eigenvalue weighted by Gasteiger charge is -2.38. The average Bonchev–Trinajstić information content (AvgIpc) is 3.69. The molecule has 71 heavy (non-hydrogen) atoms. The summed E-state index contributed by atoms with van der Waals surface area (Å²) in [6.07, 6.45) is 8.32. The lowest BCUT2D eigenvalue weighted by atomic mass is 9.64. The Bertz CT molecular complexity index is 3950. The van der Waals surface area contributed by atoms with Gasteiger partial charge in [0.2, 0.25) is 0 Å². The van der Waals surface area contributed by atoms with E-state index in [2.05, 4.69) is 198 Å². The summed E-state index contributed by atoms with van der Waals surface area (Å²) in [7, 11) is 0. The molecule has 0 fully saturated rings. The number of nitrogens with zero attached hydrogens (tertiary/aromatic N) is 5. The minimum Gasteiger partial charge on any atom is -0.372 e. The largest absolute Gasteiger partial charge is 0.372 e. The van der Waals surface area contributed by atoms with Crippen molar-refractivity contribution < 1.29 is 0 Å². The molecule has 13 rings (SSSR count). The molecule has 0 amide bonds. The molecule has 0 radical (unpaired) electrons. The maximum Gasteiger partial charge on any atom is 0.0972 e. The standard InChI is InChI=1S/C65H50N6/c1-37-33-53(39(3)31-51(37)59-27-23-45-19-17-43-15-13-41(5)68-61(43)63(45)70-59)65(54-34-38(2)52(32-40(54)4)60-28-24-46-20-18-44-16-14-42(6)69-62(44)64(46)71-60)55-35-47(57-11-7-9-29-66-57)21-25-49(55)50-26-22-48(36-56(50)65)58-12-8-10-30-67-58/h7-36,59,70H,1-6H3. The summed E-state index contributed by atoms with van der Waals surface area (Å²) in [5, 5.41) is 7.25. The van der Waals surface area contributed by atoms with E-state index in [0.29, 0.717) is 0 Å². The van der Waals surface area contributed by atoms with Crippen LogP contribution in [-0.2, 0) is 5.41 Å². The number of benzene rings is 6. The molecule has 5 aromatic heterocycles. The highest BCUT2D eigenvalue weighted by molar-refractivity contribution is 6.04. The van der Waals surface area contributed by atoms with Gasteiger partial charge in [0, 0.05) is 56.6 Å². The molecule has 11 aromatic rings. The van der Waals surface area contributed by atoms with Gasteiger partial charge in [0.25, 0.3) is 0 Å². The van der Waals surface area contributed by atoms with Gasteiger partial charge in [-0.3, -0.25) is 19.9 Å². The van der Waals surface area contributed by atoms with Gasteiger partial charge >= 0.3 is 0 Å². The summed E-state index contributed by atoms with van der Waals surface area (Å²) in [5.41, 5.74) is 25.7. The smallest absolute Gasteiger partial charge is 0.0972 e. The van der Waals surface area contributed by atoms with Gasteiger partial charge in [0.1, 0.15) is 0 Å². The monoisotopic (exact) mass is 914 g/mol. The number of nitrogens with one attached hydrogen (secondary N) is 1. The first kappa shape index (κ1) is 42.5. The molecule has 0 spiro atoms. The lowest BCUT2D eigenvalue weighted by molar-refractivity contribution is 0.750. The topological polar surface area (TPSA) is 76.5 Å². The molecule has 0 bridgehead atoms. The number of rotatable bonds is 6. The van der Waals surface area contributed by atoms with Gasteiger partial charge in [0.05, 0.1) is 50.8 Å². The predicted molar refractivity (Wildman–Crippen MR) is 292 cm³/mol. The molecule has 1 N–H and O–H groups in total. The van der Waals surface area contributed by atoms with Crippen LogP contribution in [0.5, 0.6) is 0 Å². The maximum absolute atomic E-state index is 5.40. The molecule has 1 aliphatic carbocycles. The summed E-state index contributed by atoms with van der Waals surface area (Å²) in [5.74, 6) is 0. The van der Waals surface area contributed by atoms with Gasteiger partial charge in [-0.1, -0.05) is 109 Å². The summed E-state index contributed by atoms with van der Waals surface area (Å²) in [4.78, 5) is 25.2. The second-order valence-electron chi connectivity index (χ2n) is 19.6. The zero-order chi connectivity index (χ0) is 48.1. The van der Waals surface area contributed by atoms with Crippen LogP contribution in [0, 0.1) is 41.5 Å². The molecule has 340 valence electrons. The van der Waals surface area contributed by atoms with E-state index in [1.54, 1.807) is 0 Å². The summed E-state index contributed by atoms with van der Waals surface area (Å²) < 4.78 is 0. The van der Waals surface area contributed by atoms with Crippen molar-refractivity contribution in [3.8, 4) is 44.9 Å². The van der Waals surface area contributed by atoms with E-state index >= 15 is 0 Å². The fourth-order valence-electron chi connectivity index (χ4n) is 11.7. The summed E-state index contributed by atoms with van der Waals surface area (Å²) >= 11 is 0. The van der Waals surface area contributed by atoms with E-state index in [1.807, 2.05) is 31.5 Å². The maximum atomic E-state index is 5.40. The van der Waals surface area contributed by atoms with Crippen molar-refractivity contribution in [2.24, 2.45) is 0 Å². The van der Waals surface area contributed by atoms with Crippen LogP contribution >= 0.6 is 0 Å². The first-order valence-electron chi connectivity index (χ1n) is 24.5. The number of fused-ring (bicyclic) bond motifs is 9. The molecule has 6 nitrogen and oxygen atoms in total. The molecule has 0 saturated heterocycles. The van der Waals surface area contributed by atoms with Crippen molar-refractivity contribution in [3.63, 3.8) is 0 Å². The summed E-state index contributed by atoms with van der Waals surface area (Å²) in [6, 6.07) is 57.4. The van der Waals surface area contributed by atoms with Crippen molar-refractivity contribution in [2.75, 3.05) is 5.32 Å². The van der Waals surface area contributed by atoms with Crippen LogP contribution in [0.15, 0.2) is 176 Å². The number of pyridine rings is 5. The van der Waals surface area contributed by atoms with Crippen LogP contribution in [-0.4, -0.2) is 24.9 Å². The van der Waals surface area contributed by atoms with Gasteiger partial charge < -0.3 is 5.32 Å². The molecule has 2 aliphatic rings. The molecular formula is C65H50N6. The second-order valence-corrected chi connectivity index (χ2v) is 19.6. The molecular weight excluding hydrogens is 865 g/mol. The van der Waals surface area contributed by atoms with Gasteiger partial charge in [-0.05, 0) is 169 Å². The van der Waals surface area contributed by atoms with Gasteiger partial charge in [-0.2, -0.15) is 0 Å². The fraction of sp³-hybridized carbons (Fsp3) is 0.123. The van der Waals surface area contributed by atoms with Crippen molar-refractivity contribution >= 4 is 44.5 Å². The molecule has 6 heterocycles. The van der Waals surface area contributed by atoms with E-state index in [4.69, 9.17) is 24.9 Å². The number of hydrogen-bond acceptors (Lipinski definition) is 6. The van der Waals surface area contributed by atoms with Crippen molar-refractivity contribution in [2.45, 2.75) is 53.0 Å². The molecule has 6 heteroatoms. The quantitative estimate of drug-likeness (QED) is 0.168. The highest BCUT2D eigenvalue weighted by Crippen LogP contribution is 2.59. The Morgan fingerprint density at radius 3 is 1.61 bits per heavy atom. The summed E-state index contributed by atoms with van der Waals surface area (Å²) in [6.45, 7) is 13.2. The molecule has 1 unspecified atom stereocenters. The number of aryl methyl sites for hydroxylation is 6. The van der Waals surface area contributed by atoms with Crippen molar-refractivity contribution in [3.05, 3.63) is 243 Å². The highest BCUT2D eigenvalue weighted by Gasteiger charge is 2.48. The SMILES string of the molecule is Cc1ccc2ccc3c(c2n1)NC(c1cc(C)c(C2(c4cc(C)c(-c5ccc6ccc7ccc(C)nc7c6n5)cc4C)c4cc(-c5ccccn5)ccc4-c4ccc(-c5ccccn5)cc42)cc1C)C=C3. The van der Waals surface area contributed by atoms with Crippen molar-refractivity contribution in [1.82, 2.24) is 24.9 Å². The predicted octanol–water partition coefficient (Wildman–Crippen LogP) is 15.5. The van der Waals surface area contributed by atoms with Crippen LogP contribution < -0.4 is 5.32 Å². The van der Waals surface area contributed by atoms with Crippen molar-refractivity contribution in [1.29, 1.82) is 0 Å². The average molecular weight is 915 g/mol. The zero-order valence-corrected chi connectivity index (χ0v) is 40.6. The highest BCUT2D eigenvalue weighted by atomic mass is 14.9. The molecule has 6 aromatic carbocycles. The van der Waals surface area contributed by atoms with E-state index in [-0.39, 0.29) is 6.04 Å². The van der Waals surface area contributed by atoms with Crippen LogP contribution in [0.4, 0.5) is 5.69 Å². The van der Waals surface area contributed by atoms with Gasteiger partial charge in [-0.25, -0.2) is 4.98 Å². The number of hydrogen-bond donors (Lipinski definition) is 1. The van der Waals surface area contributed by atoms with E-state index < -0.39 is 5.41 Å². The van der Waals surface area contributed by atoms with Gasteiger partial charge in [0.15, 0.2) is 0 Å². The Labute approximate surface area is 413 Å². The third-order valence-electron chi connectivity index (χ3n) is 15.1. The third kappa shape index (κ3) is 6.73. The minimum absolute atomic E-state index is 0.0530. The molecule has 1 atom stereocenters. The zero-order valence-electron chi connectivity index (χ0n) is 40.6. The molecule has 0 saturated carbocycles. The normalized spacial score (nSPS) is 14.4. The van der Waals surface area contributed by atoms with E-state index in [0.717, 1.165) is 94.7 Å². The fourth-order valence-corrected chi connectivity index (χ4v) is 11.7.